The molecule has 6 heteroatoms. The largest absolute Gasteiger partial charge is 0.390 e. The molecule has 0 saturated carbocycles. The van der Waals surface area contributed by atoms with Crippen molar-refractivity contribution in [1.29, 1.82) is 0 Å². The highest BCUT2D eigenvalue weighted by atomic mass is 16.3. The molecule has 2 aromatic heterocycles. The van der Waals surface area contributed by atoms with Crippen LogP contribution in [0.2, 0.25) is 0 Å². The van der Waals surface area contributed by atoms with Crippen molar-refractivity contribution in [3.05, 3.63) is 52.7 Å². The minimum Gasteiger partial charge on any atom is -0.390 e. The average molecular weight is 321 g/mol. The van der Waals surface area contributed by atoms with Crippen molar-refractivity contribution < 1.29 is 5.11 Å². The number of nitrogens with two attached hydrogens (primary N) is 1. The van der Waals surface area contributed by atoms with Crippen molar-refractivity contribution in [2.24, 2.45) is 0 Å². The smallest absolute Gasteiger partial charge is 0.227 e. The van der Waals surface area contributed by atoms with E-state index in [9.17, 15) is 5.11 Å². The lowest BCUT2D eigenvalue weighted by molar-refractivity contribution is 0.165. The van der Waals surface area contributed by atoms with Gasteiger partial charge in [0.05, 0.1) is 17.5 Å². The maximum atomic E-state index is 10.4. The minimum absolute atomic E-state index is 0.246. The van der Waals surface area contributed by atoms with E-state index < -0.39 is 6.10 Å². The van der Waals surface area contributed by atoms with Crippen molar-refractivity contribution in [2.45, 2.75) is 32.4 Å². The molecule has 2 unspecified atom stereocenters. The molecule has 1 aromatic carbocycles. The summed E-state index contributed by atoms with van der Waals surface area (Å²) in [4.78, 5) is 13.3. The van der Waals surface area contributed by atoms with E-state index in [4.69, 9.17) is 5.73 Å². The third-order valence-corrected chi connectivity index (χ3v) is 4.51. The van der Waals surface area contributed by atoms with Crippen molar-refractivity contribution >= 4 is 22.8 Å². The van der Waals surface area contributed by atoms with Gasteiger partial charge in [-0.1, -0.05) is 24.3 Å². The molecule has 4 N–H and O–H groups in total. The molecule has 0 saturated heterocycles. The second-order valence-corrected chi connectivity index (χ2v) is 6.30. The maximum Gasteiger partial charge on any atom is 0.227 e. The molecule has 0 bridgehead atoms. The summed E-state index contributed by atoms with van der Waals surface area (Å²) in [6.07, 6.45) is 0.100. The van der Waals surface area contributed by atoms with Gasteiger partial charge in [-0.3, -0.25) is 0 Å². The summed E-state index contributed by atoms with van der Waals surface area (Å²) < 4.78 is 0. The van der Waals surface area contributed by atoms with Crippen LogP contribution in [0.3, 0.4) is 0 Å². The SMILES string of the molecule is Cc1cc(C)c2c(N)nc(NC3c4ccccc4CC3O)nc2n1. The van der Waals surface area contributed by atoms with Crippen LogP contribution in [0.4, 0.5) is 11.8 Å². The summed E-state index contributed by atoms with van der Waals surface area (Å²) in [5, 5.41) is 14.4. The summed E-state index contributed by atoms with van der Waals surface area (Å²) >= 11 is 0. The Balaban J connectivity index is 1.76. The van der Waals surface area contributed by atoms with Crippen molar-refractivity contribution in [3.63, 3.8) is 0 Å². The molecule has 2 atom stereocenters. The van der Waals surface area contributed by atoms with Crippen LogP contribution in [0, 0.1) is 13.8 Å². The van der Waals surface area contributed by atoms with Crippen LogP contribution in [0.15, 0.2) is 30.3 Å². The Labute approximate surface area is 139 Å². The molecule has 2 heterocycles. The van der Waals surface area contributed by atoms with Crippen molar-refractivity contribution in [1.82, 2.24) is 15.0 Å². The quantitative estimate of drug-likeness (QED) is 0.670. The van der Waals surface area contributed by atoms with E-state index in [1.807, 2.05) is 44.2 Å². The molecule has 6 nitrogen and oxygen atoms in total. The zero-order chi connectivity index (χ0) is 16.8. The number of hydrogen-bond donors (Lipinski definition) is 3. The molecule has 24 heavy (non-hydrogen) atoms. The van der Waals surface area contributed by atoms with Crippen molar-refractivity contribution in [2.75, 3.05) is 11.1 Å². The monoisotopic (exact) mass is 321 g/mol. The van der Waals surface area contributed by atoms with Crippen LogP contribution in [-0.2, 0) is 6.42 Å². The van der Waals surface area contributed by atoms with Gasteiger partial charge in [-0.25, -0.2) is 4.98 Å². The average Bonchev–Trinajstić information content (AvgIpc) is 2.82. The molecule has 122 valence electrons. The number of aliphatic hydroxyl groups excluding tert-OH is 1. The first-order valence-corrected chi connectivity index (χ1v) is 7.97. The highest BCUT2D eigenvalue weighted by Crippen LogP contribution is 2.34. The predicted octanol–water partition coefficient (Wildman–Crippen LogP) is 2.29. The topological polar surface area (TPSA) is 97.0 Å². The first-order valence-electron chi connectivity index (χ1n) is 7.97. The molecule has 0 fully saturated rings. The number of anilines is 2. The fraction of sp³-hybridized carbons (Fsp3) is 0.278. The fourth-order valence-electron chi connectivity index (χ4n) is 3.46. The number of hydrogen-bond acceptors (Lipinski definition) is 6. The van der Waals surface area contributed by atoms with Crippen LogP contribution in [0.1, 0.15) is 28.4 Å². The van der Waals surface area contributed by atoms with Gasteiger partial charge in [0.25, 0.3) is 0 Å². The van der Waals surface area contributed by atoms with Gasteiger partial charge in [0.1, 0.15) is 5.82 Å². The molecule has 4 rings (SSSR count). The second-order valence-electron chi connectivity index (χ2n) is 6.30. The molecule has 0 amide bonds. The lowest BCUT2D eigenvalue weighted by Gasteiger charge is -2.18. The Kier molecular flexibility index (Phi) is 3.35. The molecule has 0 radical (unpaired) electrons. The predicted molar refractivity (Wildman–Crippen MR) is 93.7 cm³/mol. The first-order chi connectivity index (χ1) is 11.5. The number of nitrogens with zero attached hydrogens (tertiary/aromatic N) is 3. The minimum atomic E-state index is -0.518. The second kappa shape index (κ2) is 5.42. The van der Waals surface area contributed by atoms with Gasteiger partial charge in [-0.2, -0.15) is 9.97 Å². The van der Waals surface area contributed by atoms with Gasteiger partial charge < -0.3 is 16.2 Å². The molecule has 0 aliphatic heterocycles. The number of aromatic nitrogens is 3. The number of aliphatic hydroxyl groups is 1. The zero-order valence-electron chi connectivity index (χ0n) is 13.6. The summed E-state index contributed by atoms with van der Waals surface area (Å²) in [5.74, 6) is 0.784. The Bertz CT molecular complexity index is 940. The van der Waals surface area contributed by atoms with E-state index in [1.165, 1.54) is 0 Å². The lowest BCUT2D eigenvalue weighted by Crippen LogP contribution is -2.22. The third kappa shape index (κ3) is 2.35. The number of nitrogens with one attached hydrogen (secondary N) is 1. The number of pyridine rings is 1. The number of benzene rings is 1. The summed E-state index contributed by atoms with van der Waals surface area (Å²) in [6, 6.07) is 9.71. The van der Waals surface area contributed by atoms with E-state index in [-0.39, 0.29) is 6.04 Å². The van der Waals surface area contributed by atoms with E-state index in [1.54, 1.807) is 0 Å². The molecular formula is C18H19N5O. The highest BCUT2D eigenvalue weighted by Gasteiger charge is 2.31. The summed E-state index contributed by atoms with van der Waals surface area (Å²) in [7, 11) is 0. The van der Waals surface area contributed by atoms with Crippen LogP contribution in [-0.4, -0.2) is 26.2 Å². The van der Waals surface area contributed by atoms with Crippen LogP contribution >= 0.6 is 0 Å². The molecular weight excluding hydrogens is 302 g/mol. The number of rotatable bonds is 2. The fourth-order valence-corrected chi connectivity index (χ4v) is 3.46. The molecule has 0 spiro atoms. The van der Waals surface area contributed by atoms with E-state index in [0.717, 1.165) is 27.8 Å². The standard InChI is InChI=1S/C18H19N5O/c1-9-7-10(2)20-17-14(9)16(19)22-18(23-17)21-15-12-6-4-3-5-11(12)8-13(15)24/h3-7,13,15,24H,8H2,1-2H3,(H3,19,20,21,22,23). The Morgan fingerprint density at radius 1 is 1.17 bits per heavy atom. The van der Waals surface area contributed by atoms with Gasteiger partial charge in [0.15, 0.2) is 5.65 Å². The number of fused-ring (bicyclic) bond motifs is 2. The van der Waals surface area contributed by atoms with Gasteiger partial charge in [-0.15, -0.1) is 0 Å². The van der Waals surface area contributed by atoms with E-state index in [2.05, 4.69) is 20.3 Å². The van der Waals surface area contributed by atoms with Gasteiger partial charge in [-0.05, 0) is 36.6 Å². The molecule has 3 aromatic rings. The summed E-state index contributed by atoms with van der Waals surface area (Å²) in [5.41, 5.74) is 10.8. The highest BCUT2D eigenvalue weighted by molar-refractivity contribution is 5.89. The zero-order valence-corrected chi connectivity index (χ0v) is 13.6. The normalized spacial score (nSPS) is 19.5. The maximum absolute atomic E-state index is 10.4. The van der Waals surface area contributed by atoms with Crippen molar-refractivity contribution in [3.8, 4) is 0 Å². The van der Waals surface area contributed by atoms with Gasteiger partial charge in [0, 0.05) is 12.1 Å². The van der Waals surface area contributed by atoms with Crippen LogP contribution in [0.25, 0.3) is 11.0 Å². The van der Waals surface area contributed by atoms with E-state index in [0.29, 0.717) is 23.8 Å². The molecule has 1 aliphatic carbocycles. The lowest BCUT2D eigenvalue weighted by atomic mass is 10.1. The molecule has 1 aliphatic rings. The third-order valence-electron chi connectivity index (χ3n) is 4.51. The first kappa shape index (κ1) is 14.8. The van der Waals surface area contributed by atoms with Gasteiger partial charge in [0.2, 0.25) is 5.95 Å². The summed E-state index contributed by atoms with van der Waals surface area (Å²) in [6.45, 7) is 3.90. The number of aryl methyl sites for hydroxylation is 2. The Hall–Kier alpha value is -2.73. The Morgan fingerprint density at radius 3 is 2.79 bits per heavy atom. The van der Waals surface area contributed by atoms with E-state index >= 15 is 0 Å². The van der Waals surface area contributed by atoms with Gasteiger partial charge >= 0.3 is 0 Å². The van der Waals surface area contributed by atoms with Crippen LogP contribution < -0.4 is 11.1 Å². The van der Waals surface area contributed by atoms with Crippen LogP contribution in [0.5, 0.6) is 0 Å². The Morgan fingerprint density at radius 2 is 1.96 bits per heavy atom. The number of nitrogen functional groups attached to an aromatic ring is 1.